The summed E-state index contributed by atoms with van der Waals surface area (Å²) >= 11 is 0. The Morgan fingerprint density at radius 2 is 1.40 bits per heavy atom. The van der Waals surface area contributed by atoms with Crippen molar-refractivity contribution in [1.82, 2.24) is 0 Å². The molecule has 1 saturated heterocycles. The van der Waals surface area contributed by atoms with Gasteiger partial charge in [0, 0.05) is 18.3 Å². The fourth-order valence-corrected chi connectivity index (χ4v) is 6.10. The fourth-order valence-electron chi connectivity index (χ4n) is 6.10. The molecule has 0 aromatic heterocycles. The minimum absolute atomic E-state index is 0.0317. The quantitative estimate of drug-likeness (QED) is 0.563. The molecule has 4 aliphatic rings. The highest BCUT2D eigenvalue weighted by Crippen LogP contribution is 2.64. The predicted octanol–water partition coefficient (Wildman–Crippen LogP) is 5.18. The Labute approximate surface area is 176 Å². The van der Waals surface area contributed by atoms with E-state index < -0.39 is 5.41 Å². The van der Waals surface area contributed by atoms with Crippen LogP contribution in [-0.2, 0) is 16.0 Å². The first-order chi connectivity index (χ1) is 14.6. The van der Waals surface area contributed by atoms with Crippen molar-refractivity contribution in [2.24, 2.45) is 5.41 Å². The normalized spacial score (nSPS) is 26.2. The second-order valence-corrected chi connectivity index (χ2v) is 8.83. The van der Waals surface area contributed by atoms with Crippen LogP contribution in [0.5, 0.6) is 0 Å². The Morgan fingerprint density at radius 1 is 0.833 bits per heavy atom. The molecule has 3 aliphatic carbocycles. The van der Waals surface area contributed by atoms with E-state index in [1.807, 2.05) is 24.3 Å². The van der Waals surface area contributed by atoms with Gasteiger partial charge in [-0.15, -0.1) is 0 Å². The summed E-state index contributed by atoms with van der Waals surface area (Å²) in [4.78, 5) is 28.6. The predicted molar refractivity (Wildman–Crippen MR) is 117 cm³/mol. The maximum atomic E-state index is 14.0. The number of anilines is 1. The Balaban J connectivity index is 1.51. The summed E-state index contributed by atoms with van der Waals surface area (Å²) in [5.74, 6) is -0.00431. The molecule has 0 radical (unpaired) electrons. The number of amides is 2. The lowest BCUT2D eigenvalue weighted by Gasteiger charge is -2.50. The molecule has 1 spiro atoms. The molecule has 148 valence electrons. The molecular weight excluding hydrogens is 370 g/mol. The molecule has 0 N–H and O–H groups in total. The van der Waals surface area contributed by atoms with Gasteiger partial charge in [0.25, 0.3) is 0 Å². The van der Waals surface area contributed by atoms with Crippen LogP contribution in [-0.4, -0.2) is 11.8 Å². The van der Waals surface area contributed by atoms with Crippen LogP contribution in [0.15, 0.2) is 72.8 Å². The summed E-state index contributed by atoms with van der Waals surface area (Å²) in [5.41, 5.74) is 6.28. The van der Waals surface area contributed by atoms with E-state index in [4.69, 9.17) is 0 Å². The molecule has 3 nitrogen and oxygen atoms in total. The van der Waals surface area contributed by atoms with Crippen molar-refractivity contribution in [1.29, 1.82) is 0 Å². The Kier molecular flexibility index (Phi) is 3.62. The van der Waals surface area contributed by atoms with E-state index in [1.54, 1.807) is 0 Å². The lowest BCUT2D eigenvalue weighted by molar-refractivity contribution is -0.127. The average molecular weight is 393 g/mol. The van der Waals surface area contributed by atoms with Gasteiger partial charge in [-0.2, -0.15) is 0 Å². The number of imide groups is 1. The number of carbonyl (C=O) groups excluding carboxylic acids is 2. The summed E-state index contributed by atoms with van der Waals surface area (Å²) in [6.45, 7) is 2.10. The van der Waals surface area contributed by atoms with Crippen LogP contribution in [0.4, 0.5) is 5.69 Å². The van der Waals surface area contributed by atoms with Crippen LogP contribution < -0.4 is 4.90 Å². The Morgan fingerprint density at radius 3 is 1.97 bits per heavy atom. The van der Waals surface area contributed by atoms with Crippen LogP contribution in [0, 0.1) is 5.41 Å². The van der Waals surface area contributed by atoms with Crippen molar-refractivity contribution in [2.45, 2.75) is 38.0 Å². The minimum atomic E-state index is -0.687. The van der Waals surface area contributed by atoms with Crippen LogP contribution in [0.1, 0.15) is 59.4 Å². The van der Waals surface area contributed by atoms with Gasteiger partial charge in [-0.25, -0.2) is 0 Å². The maximum absolute atomic E-state index is 14.0. The number of benzene rings is 3. The summed E-state index contributed by atoms with van der Waals surface area (Å²) < 4.78 is 0. The molecule has 1 unspecified atom stereocenters. The third-order valence-electron chi connectivity index (χ3n) is 7.43. The number of hydrogen-bond donors (Lipinski definition) is 0. The lowest BCUT2D eigenvalue weighted by Crippen LogP contribution is -2.47. The first-order valence-electron chi connectivity index (χ1n) is 10.8. The monoisotopic (exact) mass is 393 g/mol. The molecule has 1 fully saturated rings. The van der Waals surface area contributed by atoms with Gasteiger partial charge in [-0.3, -0.25) is 14.5 Å². The molecule has 3 aromatic carbocycles. The van der Waals surface area contributed by atoms with E-state index in [1.165, 1.54) is 32.7 Å². The number of hydrogen-bond acceptors (Lipinski definition) is 2. The lowest BCUT2D eigenvalue weighted by atomic mass is 9.51. The number of rotatable bonds is 2. The van der Waals surface area contributed by atoms with E-state index in [0.717, 1.165) is 6.42 Å². The molecule has 3 heteroatoms. The first-order valence-corrected chi connectivity index (χ1v) is 10.8. The zero-order valence-corrected chi connectivity index (χ0v) is 17.0. The van der Waals surface area contributed by atoms with Gasteiger partial charge >= 0.3 is 0 Å². The molecule has 1 aliphatic heterocycles. The van der Waals surface area contributed by atoms with Gasteiger partial charge in [0.15, 0.2) is 0 Å². The zero-order valence-electron chi connectivity index (χ0n) is 17.0. The van der Waals surface area contributed by atoms with E-state index in [-0.39, 0.29) is 30.1 Å². The second kappa shape index (κ2) is 6.15. The molecule has 1 atom stereocenters. The van der Waals surface area contributed by atoms with Gasteiger partial charge < -0.3 is 0 Å². The standard InChI is InChI=1S/C27H23NO2/c1-2-17-11-13-18(14-12-17)28-24(29)16-27(26(28)30)15-23-19-7-3-5-9-21(19)25(27)22-10-6-4-8-20(22)23/h3-14,23,25H,2,15-16H2,1H3. The molecule has 0 saturated carbocycles. The van der Waals surface area contributed by atoms with Gasteiger partial charge in [0.2, 0.25) is 11.8 Å². The molecule has 2 bridgehead atoms. The first kappa shape index (κ1) is 17.6. The summed E-state index contributed by atoms with van der Waals surface area (Å²) in [7, 11) is 0. The van der Waals surface area contributed by atoms with E-state index in [0.29, 0.717) is 12.1 Å². The molecule has 30 heavy (non-hydrogen) atoms. The van der Waals surface area contributed by atoms with Gasteiger partial charge in [0.1, 0.15) is 0 Å². The highest BCUT2D eigenvalue weighted by molar-refractivity contribution is 6.23. The molecule has 3 aromatic rings. The van der Waals surface area contributed by atoms with E-state index >= 15 is 0 Å². The smallest absolute Gasteiger partial charge is 0.241 e. The van der Waals surface area contributed by atoms with Crippen molar-refractivity contribution < 1.29 is 9.59 Å². The highest BCUT2D eigenvalue weighted by atomic mass is 16.2. The van der Waals surface area contributed by atoms with Crippen molar-refractivity contribution in [3.05, 3.63) is 101 Å². The number of carbonyl (C=O) groups is 2. The van der Waals surface area contributed by atoms with Gasteiger partial charge in [-0.05, 0) is 52.8 Å². The second-order valence-electron chi connectivity index (χ2n) is 8.83. The summed E-state index contributed by atoms with van der Waals surface area (Å²) in [6.07, 6.45) is 1.93. The highest BCUT2D eigenvalue weighted by Gasteiger charge is 2.62. The third kappa shape index (κ3) is 2.15. The topological polar surface area (TPSA) is 37.4 Å². The van der Waals surface area contributed by atoms with E-state index in [9.17, 15) is 9.59 Å². The Hall–Kier alpha value is -3.20. The van der Waals surface area contributed by atoms with Crippen molar-refractivity contribution in [3.63, 3.8) is 0 Å². The molecule has 1 heterocycles. The zero-order chi connectivity index (χ0) is 20.5. The van der Waals surface area contributed by atoms with Crippen LogP contribution >= 0.6 is 0 Å². The van der Waals surface area contributed by atoms with Crippen LogP contribution in [0.25, 0.3) is 0 Å². The number of nitrogens with zero attached hydrogens (tertiary/aromatic N) is 1. The molecule has 7 rings (SSSR count). The third-order valence-corrected chi connectivity index (χ3v) is 7.43. The van der Waals surface area contributed by atoms with Crippen molar-refractivity contribution in [2.75, 3.05) is 4.90 Å². The van der Waals surface area contributed by atoms with Crippen LogP contribution in [0.3, 0.4) is 0 Å². The SMILES string of the molecule is CCc1ccc(N2C(=O)CC3(CC4c5ccccc5C3c3ccccc34)C2=O)cc1. The van der Waals surface area contributed by atoms with Crippen LogP contribution in [0.2, 0.25) is 0 Å². The Bertz CT molecular complexity index is 1150. The van der Waals surface area contributed by atoms with Crippen molar-refractivity contribution in [3.8, 4) is 0 Å². The van der Waals surface area contributed by atoms with E-state index in [2.05, 4.69) is 55.5 Å². The maximum Gasteiger partial charge on any atom is 0.241 e. The summed E-state index contributed by atoms with van der Waals surface area (Å²) in [6, 6.07) is 24.8. The van der Waals surface area contributed by atoms with Crippen molar-refractivity contribution >= 4 is 17.5 Å². The molecular formula is C27H23NO2. The largest absolute Gasteiger partial charge is 0.274 e. The fraction of sp³-hybridized carbons (Fsp3) is 0.259. The molecule has 2 amide bonds. The number of aryl methyl sites for hydroxylation is 1. The minimum Gasteiger partial charge on any atom is -0.274 e. The summed E-state index contributed by atoms with van der Waals surface area (Å²) in [5, 5.41) is 0. The average Bonchev–Trinajstić information content (AvgIpc) is 3.03. The van der Waals surface area contributed by atoms with Gasteiger partial charge in [0.05, 0.1) is 11.1 Å². The van der Waals surface area contributed by atoms with Gasteiger partial charge in [-0.1, -0.05) is 67.6 Å².